The highest BCUT2D eigenvalue weighted by Gasteiger charge is 2.53. The second kappa shape index (κ2) is 38.4. The second-order valence-electron chi connectivity index (χ2n) is 20.8. The maximum absolute atomic E-state index is 13.3. The Morgan fingerprint density at radius 1 is 0.444 bits per heavy atom. The van der Waals surface area contributed by atoms with E-state index in [1.807, 2.05) is 0 Å². The van der Waals surface area contributed by atoms with Crippen molar-refractivity contribution < 1.29 is 89.4 Å². The lowest BCUT2D eigenvalue weighted by Gasteiger charge is -2.48. The number of aliphatic hydroxyl groups excluding tert-OH is 11. The largest absolute Gasteiger partial charge is 0.394 e. The Morgan fingerprint density at radius 3 is 1.21 bits per heavy atom. The molecular formula is C53H101NO18. The van der Waals surface area contributed by atoms with Gasteiger partial charge in [-0.1, -0.05) is 181 Å². The van der Waals surface area contributed by atoms with Crippen LogP contribution in [-0.4, -0.2) is 193 Å². The summed E-state index contributed by atoms with van der Waals surface area (Å²) < 4.78 is 34.2. The fraction of sp³-hybridized carbons (Fsp3) is 0.981. The Hall–Kier alpha value is -1.21. The highest BCUT2D eigenvalue weighted by atomic mass is 16.8. The van der Waals surface area contributed by atoms with Crippen molar-refractivity contribution >= 4 is 5.91 Å². The van der Waals surface area contributed by atoms with E-state index in [9.17, 15) is 61.0 Å². The van der Waals surface area contributed by atoms with Gasteiger partial charge in [0.1, 0.15) is 73.2 Å². The first-order valence-electron chi connectivity index (χ1n) is 28.3. The molecule has 3 heterocycles. The van der Waals surface area contributed by atoms with Crippen LogP contribution < -0.4 is 5.32 Å². The van der Waals surface area contributed by atoms with Crippen molar-refractivity contribution in [3.63, 3.8) is 0 Å². The third-order valence-corrected chi connectivity index (χ3v) is 14.7. The first-order chi connectivity index (χ1) is 34.8. The molecule has 0 bridgehead atoms. The first-order valence-corrected chi connectivity index (χ1v) is 28.3. The molecule has 0 spiro atoms. The van der Waals surface area contributed by atoms with Crippen LogP contribution in [0.1, 0.15) is 200 Å². The van der Waals surface area contributed by atoms with Crippen molar-refractivity contribution in [2.24, 2.45) is 0 Å². The van der Waals surface area contributed by atoms with Crippen molar-refractivity contribution in [2.75, 3.05) is 26.4 Å². The van der Waals surface area contributed by atoms with E-state index in [-0.39, 0.29) is 18.9 Å². The van der Waals surface area contributed by atoms with Crippen LogP contribution in [0, 0.1) is 0 Å². The van der Waals surface area contributed by atoms with Crippen molar-refractivity contribution in [1.82, 2.24) is 5.32 Å². The zero-order chi connectivity index (χ0) is 52.7. The Balaban J connectivity index is 1.52. The van der Waals surface area contributed by atoms with Crippen molar-refractivity contribution in [2.45, 2.75) is 304 Å². The average Bonchev–Trinajstić information content (AvgIpc) is 3.37. The molecule has 3 saturated heterocycles. The van der Waals surface area contributed by atoms with Crippen LogP contribution in [0.3, 0.4) is 0 Å². The van der Waals surface area contributed by atoms with Gasteiger partial charge in [0.2, 0.25) is 5.91 Å². The molecule has 3 fully saturated rings. The Labute approximate surface area is 430 Å². The third-order valence-electron chi connectivity index (χ3n) is 14.7. The van der Waals surface area contributed by atoms with Crippen LogP contribution in [0.4, 0.5) is 0 Å². The summed E-state index contributed by atoms with van der Waals surface area (Å²) in [7, 11) is 0. The van der Waals surface area contributed by atoms with Crippen LogP contribution in [0.2, 0.25) is 0 Å². The standard InChI is InChI=1S/C53H101NO18/c1-3-5-7-9-11-13-15-17-18-19-20-22-24-26-28-30-37(58)36(54-41(59)31-29-27-25-23-21-16-14-12-10-8-6-4-2)35-67-51-47(65)44(62)49(39(33-56)69-51)72-53-48(66)45(63)50(40(34-57)70-53)71-52-46(64)43(61)42(60)38(32-55)68-52/h36-40,42-53,55-58,60-66H,3-35H2,1-2H3,(H,54,59). The molecule has 17 atom stereocenters. The van der Waals surface area contributed by atoms with Gasteiger partial charge in [0, 0.05) is 6.42 Å². The molecule has 19 nitrogen and oxygen atoms in total. The summed E-state index contributed by atoms with van der Waals surface area (Å²) in [5.41, 5.74) is 0. The fourth-order valence-corrected chi connectivity index (χ4v) is 9.96. The molecule has 0 aromatic heterocycles. The van der Waals surface area contributed by atoms with Gasteiger partial charge < -0.3 is 89.9 Å². The molecule has 3 aliphatic heterocycles. The summed E-state index contributed by atoms with van der Waals surface area (Å²) >= 11 is 0. The summed E-state index contributed by atoms with van der Waals surface area (Å²) in [6, 6.07) is -0.878. The quantitative estimate of drug-likeness (QED) is 0.0389. The van der Waals surface area contributed by atoms with Crippen molar-refractivity contribution in [3.05, 3.63) is 0 Å². The van der Waals surface area contributed by atoms with Crippen molar-refractivity contribution in [3.8, 4) is 0 Å². The number of carbonyl (C=O) groups is 1. The van der Waals surface area contributed by atoms with Gasteiger partial charge >= 0.3 is 0 Å². The smallest absolute Gasteiger partial charge is 0.220 e. The monoisotopic (exact) mass is 1040 g/mol. The molecule has 0 aliphatic carbocycles. The van der Waals surface area contributed by atoms with Gasteiger partial charge in [-0.2, -0.15) is 0 Å². The van der Waals surface area contributed by atoms with Gasteiger partial charge in [0.25, 0.3) is 0 Å². The van der Waals surface area contributed by atoms with E-state index in [2.05, 4.69) is 19.2 Å². The lowest BCUT2D eigenvalue weighted by Crippen LogP contribution is -2.66. The van der Waals surface area contributed by atoms with E-state index in [1.54, 1.807) is 0 Å². The molecule has 19 heteroatoms. The maximum Gasteiger partial charge on any atom is 0.220 e. The molecule has 1 amide bonds. The van der Waals surface area contributed by atoms with Crippen LogP contribution in [0.5, 0.6) is 0 Å². The number of ether oxygens (including phenoxy) is 6. The van der Waals surface area contributed by atoms with Gasteiger partial charge in [0.15, 0.2) is 18.9 Å². The summed E-state index contributed by atoms with van der Waals surface area (Å²) in [6.07, 6.45) is 6.23. The third kappa shape index (κ3) is 23.2. The van der Waals surface area contributed by atoms with Crippen LogP contribution >= 0.6 is 0 Å². The SMILES string of the molecule is CCCCCCCCCCCCCCCCCC(O)C(COC1OC(CO)C(OC2OC(CO)C(OC3OC(CO)C(O)C(O)C3O)C(O)C2O)C(O)C1O)NC(=O)CCCCCCCCCCCCCC. The number of carbonyl (C=O) groups excluding carboxylic acids is 1. The predicted octanol–water partition coefficient (Wildman–Crippen LogP) is 3.65. The fourth-order valence-electron chi connectivity index (χ4n) is 9.96. The Bertz CT molecular complexity index is 1340. The topological polar surface area (TPSA) is 307 Å². The predicted molar refractivity (Wildman–Crippen MR) is 268 cm³/mol. The summed E-state index contributed by atoms with van der Waals surface area (Å²) in [6.45, 7) is 1.78. The molecule has 0 radical (unpaired) electrons. The minimum atomic E-state index is -1.97. The Kier molecular flexibility index (Phi) is 34.7. The van der Waals surface area contributed by atoms with E-state index in [0.717, 1.165) is 44.9 Å². The average molecular weight is 1040 g/mol. The molecule has 0 saturated carbocycles. The van der Waals surface area contributed by atoms with Crippen LogP contribution in [-0.2, 0) is 33.2 Å². The maximum atomic E-state index is 13.3. The molecule has 426 valence electrons. The van der Waals surface area contributed by atoms with Crippen LogP contribution in [0.15, 0.2) is 0 Å². The Morgan fingerprint density at radius 2 is 0.792 bits per heavy atom. The lowest BCUT2D eigenvalue weighted by molar-refractivity contribution is -0.379. The lowest BCUT2D eigenvalue weighted by atomic mass is 9.96. The summed E-state index contributed by atoms with van der Waals surface area (Å²) in [5, 5.41) is 120. The highest BCUT2D eigenvalue weighted by Crippen LogP contribution is 2.33. The molecule has 72 heavy (non-hydrogen) atoms. The molecular weight excluding hydrogens is 939 g/mol. The van der Waals surface area contributed by atoms with E-state index >= 15 is 0 Å². The molecule has 0 aromatic rings. The van der Waals surface area contributed by atoms with E-state index in [4.69, 9.17) is 28.4 Å². The van der Waals surface area contributed by atoms with E-state index < -0.39 is 124 Å². The number of rotatable bonds is 41. The zero-order valence-corrected chi connectivity index (χ0v) is 43.9. The van der Waals surface area contributed by atoms with Gasteiger partial charge in [-0.15, -0.1) is 0 Å². The highest BCUT2D eigenvalue weighted by molar-refractivity contribution is 5.76. The minimum Gasteiger partial charge on any atom is -0.394 e. The first kappa shape index (κ1) is 65.1. The number of nitrogens with one attached hydrogen (secondary N) is 1. The molecule has 3 rings (SSSR count). The number of hydrogen-bond acceptors (Lipinski definition) is 18. The minimum absolute atomic E-state index is 0.242. The number of unbranched alkanes of at least 4 members (excludes halogenated alkanes) is 25. The van der Waals surface area contributed by atoms with E-state index in [0.29, 0.717) is 12.8 Å². The molecule has 3 aliphatic rings. The normalized spacial score (nSPS) is 31.9. The van der Waals surface area contributed by atoms with Gasteiger partial charge in [0.05, 0.1) is 38.6 Å². The molecule has 17 unspecified atom stereocenters. The summed E-state index contributed by atoms with van der Waals surface area (Å²) in [4.78, 5) is 13.3. The summed E-state index contributed by atoms with van der Waals surface area (Å²) in [5.74, 6) is -0.242. The zero-order valence-electron chi connectivity index (χ0n) is 43.9. The van der Waals surface area contributed by atoms with Crippen LogP contribution in [0.25, 0.3) is 0 Å². The van der Waals surface area contributed by atoms with Gasteiger partial charge in [-0.3, -0.25) is 4.79 Å². The van der Waals surface area contributed by atoms with Crippen molar-refractivity contribution in [1.29, 1.82) is 0 Å². The molecule has 0 aromatic carbocycles. The number of hydrogen-bond donors (Lipinski definition) is 12. The second-order valence-corrected chi connectivity index (χ2v) is 20.8. The van der Waals surface area contributed by atoms with Gasteiger partial charge in [-0.25, -0.2) is 0 Å². The molecule has 12 N–H and O–H groups in total. The van der Waals surface area contributed by atoms with E-state index in [1.165, 1.54) is 122 Å². The number of aliphatic hydroxyl groups is 11. The number of amides is 1. The van der Waals surface area contributed by atoms with Gasteiger partial charge in [-0.05, 0) is 12.8 Å².